The zero-order chi connectivity index (χ0) is 12.3. The number of carbonyl (C=O) groups excluding carboxylic acids is 1. The lowest BCUT2D eigenvalue weighted by atomic mass is 10.2. The molecular weight excluding hydrogens is 218 g/mol. The Kier molecular flexibility index (Phi) is 6.98. The van der Waals surface area contributed by atoms with Crippen LogP contribution in [0.25, 0.3) is 10.4 Å². The maximum atomic E-state index is 11.8. The van der Waals surface area contributed by atoms with E-state index in [9.17, 15) is 4.79 Å². The van der Waals surface area contributed by atoms with Crippen LogP contribution in [-0.2, 0) is 0 Å². The van der Waals surface area contributed by atoms with Crippen LogP contribution in [0, 0.1) is 0 Å². The third-order valence-electron chi connectivity index (χ3n) is 2.92. The van der Waals surface area contributed by atoms with Gasteiger partial charge >= 0.3 is 6.03 Å². The lowest BCUT2D eigenvalue weighted by Gasteiger charge is -2.20. The predicted octanol–water partition coefficient (Wildman–Crippen LogP) is 2.66. The molecule has 2 amide bonds. The van der Waals surface area contributed by atoms with Crippen molar-refractivity contribution in [1.82, 2.24) is 10.2 Å². The van der Waals surface area contributed by atoms with Crippen LogP contribution in [0.15, 0.2) is 5.11 Å². The summed E-state index contributed by atoms with van der Waals surface area (Å²) in [5.41, 5.74) is 8.09. The molecule has 0 spiro atoms. The molecular formula is C11H21N5O. The zero-order valence-electron chi connectivity index (χ0n) is 10.3. The van der Waals surface area contributed by atoms with E-state index in [4.69, 9.17) is 5.53 Å². The maximum absolute atomic E-state index is 11.8. The quantitative estimate of drug-likeness (QED) is 0.340. The number of hydrogen-bond donors (Lipinski definition) is 1. The summed E-state index contributed by atoms with van der Waals surface area (Å²) < 4.78 is 0. The van der Waals surface area contributed by atoms with Crippen molar-refractivity contribution in [3.8, 4) is 0 Å². The summed E-state index contributed by atoms with van der Waals surface area (Å²) >= 11 is 0. The average molecular weight is 239 g/mol. The fourth-order valence-electron chi connectivity index (χ4n) is 1.93. The van der Waals surface area contributed by atoms with Gasteiger partial charge in [-0.1, -0.05) is 18.0 Å². The van der Waals surface area contributed by atoms with Crippen LogP contribution in [0.2, 0.25) is 0 Å². The zero-order valence-corrected chi connectivity index (χ0v) is 10.3. The highest BCUT2D eigenvalue weighted by atomic mass is 16.2. The molecule has 0 aliphatic carbocycles. The van der Waals surface area contributed by atoms with E-state index in [1.54, 1.807) is 0 Å². The number of amides is 2. The SMILES string of the molecule is [N-]=[N+]=NCCCCNC(=O)N1CCCCCC1. The molecule has 0 unspecified atom stereocenters. The highest BCUT2D eigenvalue weighted by Gasteiger charge is 2.14. The molecule has 0 bridgehead atoms. The average Bonchev–Trinajstić information content (AvgIpc) is 2.62. The van der Waals surface area contributed by atoms with Crippen molar-refractivity contribution < 1.29 is 4.79 Å². The molecule has 1 N–H and O–H groups in total. The molecule has 1 saturated heterocycles. The lowest BCUT2D eigenvalue weighted by molar-refractivity contribution is 0.199. The Morgan fingerprint density at radius 3 is 2.59 bits per heavy atom. The van der Waals surface area contributed by atoms with Gasteiger partial charge in [-0.15, -0.1) is 0 Å². The first kappa shape index (κ1) is 13.6. The van der Waals surface area contributed by atoms with Crippen LogP contribution in [0.4, 0.5) is 4.79 Å². The topological polar surface area (TPSA) is 81.1 Å². The van der Waals surface area contributed by atoms with E-state index in [0.717, 1.165) is 38.8 Å². The largest absolute Gasteiger partial charge is 0.338 e. The van der Waals surface area contributed by atoms with Crippen molar-refractivity contribution in [3.05, 3.63) is 10.4 Å². The Balaban J connectivity index is 2.08. The second-order valence-corrected chi connectivity index (χ2v) is 4.29. The molecule has 6 heteroatoms. The van der Waals surface area contributed by atoms with Crippen LogP contribution in [0.3, 0.4) is 0 Å². The summed E-state index contributed by atoms with van der Waals surface area (Å²) in [6.07, 6.45) is 6.38. The van der Waals surface area contributed by atoms with Gasteiger partial charge in [-0.25, -0.2) is 4.79 Å². The number of rotatable bonds is 5. The van der Waals surface area contributed by atoms with Crippen LogP contribution in [-0.4, -0.2) is 37.1 Å². The molecule has 17 heavy (non-hydrogen) atoms. The van der Waals surface area contributed by atoms with Gasteiger partial charge in [0, 0.05) is 31.1 Å². The molecule has 0 atom stereocenters. The maximum Gasteiger partial charge on any atom is 0.317 e. The fourth-order valence-corrected chi connectivity index (χ4v) is 1.93. The number of hydrogen-bond acceptors (Lipinski definition) is 2. The molecule has 1 fully saturated rings. The first-order chi connectivity index (χ1) is 8.34. The third kappa shape index (κ3) is 6.02. The molecule has 1 aliphatic heterocycles. The number of urea groups is 1. The monoisotopic (exact) mass is 239 g/mol. The van der Waals surface area contributed by atoms with E-state index in [1.807, 2.05) is 4.90 Å². The van der Waals surface area contributed by atoms with Gasteiger partial charge in [0.15, 0.2) is 0 Å². The highest BCUT2D eigenvalue weighted by molar-refractivity contribution is 5.74. The summed E-state index contributed by atoms with van der Waals surface area (Å²) in [5, 5.41) is 6.36. The Morgan fingerprint density at radius 2 is 1.94 bits per heavy atom. The summed E-state index contributed by atoms with van der Waals surface area (Å²) in [5.74, 6) is 0. The van der Waals surface area contributed by atoms with Gasteiger partial charge in [-0.2, -0.15) is 0 Å². The molecule has 1 heterocycles. The van der Waals surface area contributed by atoms with Crippen molar-refractivity contribution in [2.75, 3.05) is 26.2 Å². The smallest absolute Gasteiger partial charge is 0.317 e. The predicted molar refractivity (Wildman–Crippen MR) is 66.7 cm³/mol. The Bertz CT molecular complexity index is 267. The fraction of sp³-hybridized carbons (Fsp3) is 0.909. The van der Waals surface area contributed by atoms with E-state index in [0.29, 0.717) is 13.1 Å². The minimum absolute atomic E-state index is 0.0516. The number of azide groups is 1. The molecule has 0 aromatic rings. The second-order valence-electron chi connectivity index (χ2n) is 4.29. The van der Waals surface area contributed by atoms with E-state index in [1.165, 1.54) is 12.8 Å². The number of likely N-dealkylation sites (tertiary alicyclic amines) is 1. The van der Waals surface area contributed by atoms with Crippen molar-refractivity contribution in [2.24, 2.45) is 5.11 Å². The molecule has 1 rings (SSSR count). The van der Waals surface area contributed by atoms with E-state index < -0.39 is 0 Å². The third-order valence-corrected chi connectivity index (χ3v) is 2.92. The number of nitrogens with one attached hydrogen (secondary N) is 1. The van der Waals surface area contributed by atoms with Crippen LogP contribution in [0.1, 0.15) is 38.5 Å². The van der Waals surface area contributed by atoms with Crippen LogP contribution < -0.4 is 5.32 Å². The Morgan fingerprint density at radius 1 is 1.24 bits per heavy atom. The van der Waals surface area contributed by atoms with Gasteiger partial charge < -0.3 is 10.2 Å². The number of unbranched alkanes of at least 4 members (excludes halogenated alkanes) is 1. The summed E-state index contributed by atoms with van der Waals surface area (Å²) in [6, 6.07) is 0.0516. The van der Waals surface area contributed by atoms with Gasteiger partial charge in [0.2, 0.25) is 0 Å². The molecule has 0 radical (unpaired) electrons. The first-order valence-electron chi connectivity index (χ1n) is 6.38. The molecule has 0 aromatic carbocycles. The van der Waals surface area contributed by atoms with Crippen molar-refractivity contribution in [2.45, 2.75) is 38.5 Å². The minimum Gasteiger partial charge on any atom is -0.338 e. The van der Waals surface area contributed by atoms with Crippen molar-refractivity contribution >= 4 is 6.03 Å². The minimum atomic E-state index is 0.0516. The number of carbonyl (C=O) groups is 1. The summed E-state index contributed by atoms with van der Waals surface area (Å²) in [6.45, 7) is 2.93. The number of nitrogens with zero attached hydrogens (tertiary/aromatic N) is 4. The summed E-state index contributed by atoms with van der Waals surface area (Å²) in [7, 11) is 0. The van der Waals surface area contributed by atoms with Gasteiger partial charge in [0.05, 0.1) is 0 Å². The van der Waals surface area contributed by atoms with Gasteiger partial charge in [-0.3, -0.25) is 0 Å². The van der Waals surface area contributed by atoms with Gasteiger partial charge in [-0.05, 0) is 31.2 Å². The van der Waals surface area contributed by atoms with E-state index in [-0.39, 0.29) is 6.03 Å². The standard InChI is InChI=1S/C11H21N5O/c12-15-14-8-4-3-7-13-11(17)16-9-5-1-2-6-10-16/h1-10H2,(H,13,17). The van der Waals surface area contributed by atoms with Gasteiger partial charge in [0.25, 0.3) is 0 Å². The van der Waals surface area contributed by atoms with Crippen LogP contribution in [0.5, 0.6) is 0 Å². The highest BCUT2D eigenvalue weighted by Crippen LogP contribution is 2.09. The molecule has 0 saturated carbocycles. The molecule has 1 aliphatic rings. The Hall–Kier alpha value is -1.42. The van der Waals surface area contributed by atoms with E-state index >= 15 is 0 Å². The second kappa shape index (κ2) is 8.70. The summed E-state index contributed by atoms with van der Waals surface area (Å²) in [4.78, 5) is 16.4. The van der Waals surface area contributed by atoms with Gasteiger partial charge in [0.1, 0.15) is 0 Å². The molecule has 96 valence electrons. The Labute approximate surface area is 102 Å². The van der Waals surface area contributed by atoms with Crippen molar-refractivity contribution in [3.63, 3.8) is 0 Å². The molecule has 0 aromatic heterocycles. The normalized spacial score (nSPS) is 15.9. The van der Waals surface area contributed by atoms with E-state index in [2.05, 4.69) is 15.3 Å². The first-order valence-corrected chi connectivity index (χ1v) is 6.38. The van der Waals surface area contributed by atoms with Crippen LogP contribution >= 0.6 is 0 Å². The lowest BCUT2D eigenvalue weighted by Crippen LogP contribution is -2.40. The van der Waals surface area contributed by atoms with Crippen molar-refractivity contribution in [1.29, 1.82) is 0 Å². The molecule has 6 nitrogen and oxygen atoms in total.